The summed E-state index contributed by atoms with van der Waals surface area (Å²) in [5, 5.41) is 1.38. The number of esters is 1. The van der Waals surface area contributed by atoms with Crippen molar-refractivity contribution < 1.29 is 32.3 Å². The monoisotopic (exact) mass is 538 g/mol. The highest BCUT2D eigenvalue weighted by Crippen LogP contribution is 2.35. The van der Waals surface area contributed by atoms with Crippen LogP contribution in [0, 0.1) is 6.92 Å². The number of anilines is 1. The molecule has 3 N–H and O–H groups in total. The third-order valence-electron chi connectivity index (χ3n) is 4.80. The quantitative estimate of drug-likeness (QED) is 0.237. The Kier molecular flexibility index (Phi) is 8.35. The number of nitrogens with zero attached hydrogens (tertiary/aromatic N) is 2. The first-order valence-corrected chi connectivity index (χ1v) is 12.2. The van der Waals surface area contributed by atoms with E-state index in [1.54, 1.807) is 37.3 Å². The predicted molar refractivity (Wildman–Crippen MR) is 130 cm³/mol. The van der Waals surface area contributed by atoms with E-state index in [1.165, 1.54) is 13.8 Å². The number of thioether (sulfide) groups is 1. The maximum absolute atomic E-state index is 13.5. The number of alkyl halides is 3. The highest BCUT2D eigenvalue weighted by molar-refractivity contribution is 8.00. The number of carbonyl (C=O) groups is 3. The zero-order chi connectivity index (χ0) is 26.6. The molecule has 2 amide bonds. The van der Waals surface area contributed by atoms with Gasteiger partial charge in [0, 0.05) is 5.56 Å². The van der Waals surface area contributed by atoms with E-state index in [-0.39, 0.29) is 38.5 Å². The average Bonchev–Trinajstić information content (AvgIpc) is 3.15. The Hall–Kier alpha value is -3.45. The lowest BCUT2D eigenvalue weighted by molar-refractivity contribution is -0.141. The van der Waals surface area contributed by atoms with Gasteiger partial charge in [0.05, 0.1) is 28.0 Å². The molecule has 0 radical (unpaired) electrons. The molecule has 13 heteroatoms. The minimum atomic E-state index is -4.72. The van der Waals surface area contributed by atoms with Crippen molar-refractivity contribution in [2.45, 2.75) is 37.4 Å². The molecule has 0 saturated carbocycles. The van der Waals surface area contributed by atoms with Gasteiger partial charge in [-0.1, -0.05) is 42.1 Å². The Bertz CT molecular complexity index is 1300. The summed E-state index contributed by atoms with van der Waals surface area (Å²) in [6, 6.07) is 9.11. The first-order chi connectivity index (χ1) is 16.9. The number of benzene rings is 1. The highest BCUT2D eigenvalue weighted by Gasteiger charge is 2.34. The van der Waals surface area contributed by atoms with E-state index in [1.807, 2.05) is 0 Å². The number of primary amides is 1. The minimum Gasteiger partial charge on any atom is -0.462 e. The largest absolute Gasteiger partial charge is 0.462 e. The summed E-state index contributed by atoms with van der Waals surface area (Å²) >= 11 is 1.52. The summed E-state index contributed by atoms with van der Waals surface area (Å²) in [6.45, 7) is 4.62. The van der Waals surface area contributed by atoms with Gasteiger partial charge in [-0.25, -0.2) is 14.8 Å². The minimum absolute atomic E-state index is 0.0112. The summed E-state index contributed by atoms with van der Waals surface area (Å²) in [7, 11) is 0. The van der Waals surface area contributed by atoms with Gasteiger partial charge >= 0.3 is 12.1 Å². The number of nitrogens with one attached hydrogen (secondary N) is 1. The third-order valence-corrected chi connectivity index (χ3v) is 6.99. The summed E-state index contributed by atoms with van der Waals surface area (Å²) in [4.78, 5) is 44.9. The normalized spacial score (nSPS) is 12.2. The van der Waals surface area contributed by atoms with E-state index in [0.29, 0.717) is 17.3 Å². The van der Waals surface area contributed by atoms with Gasteiger partial charge in [-0.15, -0.1) is 11.3 Å². The number of halogens is 3. The van der Waals surface area contributed by atoms with Crippen LogP contribution in [0.25, 0.3) is 11.3 Å². The van der Waals surface area contributed by atoms with Crippen LogP contribution in [0.4, 0.5) is 18.2 Å². The van der Waals surface area contributed by atoms with Gasteiger partial charge in [-0.2, -0.15) is 13.2 Å². The molecule has 1 unspecified atom stereocenters. The SMILES string of the molecule is CCOC(=O)c1c(NC(=O)C(C)Sc2nc(-c3ccccc3)cc(C(F)(F)F)n2)sc(C(N)=O)c1C. The van der Waals surface area contributed by atoms with Crippen LogP contribution in [0.3, 0.4) is 0 Å². The fourth-order valence-electron chi connectivity index (χ4n) is 3.09. The van der Waals surface area contributed by atoms with Crippen molar-refractivity contribution in [3.63, 3.8) is 0 Å². The summed E-state index contributed by atoms with van der Waals surface area (Å²) < 4.78 is 45.4. The second-order valence-corrected chi connectivity index (χ2v) is 9.71. The van der Waals surface area contributed by atoms with E-state index >= 15 is 0 Å². The third kappa shape index (κ3) is 6.21. The van der Waals surface area contributed by atoms with Crippen molar-refractivity contribution in [2.24, 2.45) is 5.73 Å². The molecular weight excluding hydrogens is 517 g/mol. The Morgan fingerprint density at radius 1 is 1.19 bits per heavy atom. The van der Waals surface area contributed by atoms with Crippen LogP contribution in [0.15, 0.2) is 41.6 Å². The molecule has 0 spiro atoms. The van der Waals surface area contributed by atoms with Gasteiger partial charge in [-0.3, -0.25) is 9.59 Å². The fraction of sp³-hybridized carbons (Fsp3) is 0.261. The van der Waals surface area contributed by atoms with Crippen LogP contribution in [0.5, 0.6) is 0 Å². The molecular formula is C23H21F3N4O4S2. The van der Waals surface area contributed by atoms with Crippen LogP contribution in [-0.4, -0.2) is 39.6 Å². The highest BCUT2D eigenvalue weighted by atomic mass is 32.2. The molecule has 0 aliphatic rings. The molecule has 8 nitrogen and oxygen atoms in total. The molecule has 3 rings (SSSR count). The van der Waals surface area contributed by atoms with Gasteiger partial charge in [0.15, 0.2) is 5.16 Å². The standard InChI is InChI=1S/C23H21F3N4O4S2/c1-4-34-21(33)16-11(2)17(18(27)31)36-20(16)30-19(32)12(3)35-22-28-14(13-8-6-5-7-9-13)10-15(29-22)23(24,25)26/h5-10,12H,4H2,1-3H3,(H2,27,31)(H,30,32). The maximum Gasteiger partial charge on any atom is 0.433 e. The van der Waals surface area contributed by atoms with Crippen molar-refractivity contribution in [3.05, 3.63) is 58.1 Å². The van der Waals surface area contributed by atoms with E-state index in [9.17, 15) is 27.6 Å². The van der Waals surface area contributed by atoms with Gasteiger partial charge in [0.1, 0.15) is 10.7 Å². The van der Waals surface area contributed by atoms with Crippen LogP contribution in [-0.2, 0) is 15.7 Å². The number of amides is 2. The van der Waals surface area contributed by atoms with Crippen LogP contribution in [0.2, 0.25) is 0 Å². The summed E-state index contributed by atoms with van der Waals surface area (Å²) in [5.74, 6) is -2.18. The molecule has 36 heavy (non-hydrogen) atoms. The molecule has 3 aromatic rings. The molecule has 190 valence electrons. The average molecular weight is 539 g/mol. The van der Waals surface area contributed by atoms with Gasteiger partial charge in [-0.05, 0) is 32.4 Å². The number of hydrogen-bond acceptors (Lipinski definition) is 8. The van der Waals surface area contributed by atoms with Gasteiger partial charge < -0.3 is 15.8 Å². The lowest BCUT2D eigenvalue weighted by Crippen LogP contribution is -2.23. The van der Waals surface area contributed by atoms with Crippen LogP contribution >= 0.6 is 23.1 Å². The number of rotatable bonds is 8. The molecule has 0 saturated heterocycles. The van der Waals surface area contributed by atoms with Gasteiger partial charge in [0.25, 0.3) is 5.91 Å². The van der Waals surface area contributed by atoms with Crippen molar-refractivity contribution in [2.75, 3.05) is 11.9 Å². The van der Waals surface area contributed by atoms with E-state index in [2.05, 4.69) is 15.3 Å². The zero-order valence-corrected chi connectivity index (χ0v) is 20.9. The van der Waals surface area contributed by atoms with Crippen molar-refractivity contribution in [3.8, 4) is 11.3 Å². The summed E-state index contributed by atoms with van der Waals surface area (Å²) in [5.41, 5.74) is 4.98. The van der Waals surface area contributed by atoms with Crippen molar-refractivity contribution in [1.29, 1.82) is 0 Å². The fourth-order valence-corrected chi connectivity index (χ4v) is 4.92. The number of ether oxygens (including phenoxy) is 1. The Morgan fingerprint density at radius 2 is 1.86 bits per heavy atom. The first-order valence-electron chi connectivity index (χ1n) is 10.5. The van der Waals surface area contributed by atoms with E-state index in [4.69, 9.17) is 10.5 Å². The number of aromatic nitrogens is 2. The second-order valence-electron chi connectivity index (χ2n) is 7.38. The molecule has 1 atom stereocenters. The molecule has 0 fully saturated rings. The van der Waals surface area contributed by atoms with Crippen LogP contribution in [0.1, 0.15) is 45.1 Å². The van der Waals surface area contributed by atoms with Crippen LogP contribution < -0.4 is 11.1 Å². The Morgan fingerprint density at radius 3 is 2.44 bits per heavy atom. The van der Waals surface area contributed by atoms with Crippen molar-refractivity contribution >= 4 is 45.9 Å². The molecule has 0 aliphatic heterocycles. The number of hydrogen-bond donors (Lipinski definition) is 2. The molecule has 2 aromatic heterocycles. The summed E-state index contributed by atoms with van der Waals surface area (Å²) in [6.07, 6.45) is -4.72. The smallest absolute Gasteiger partial charge is 0.433 e. The van der Waals surface area contributed by atoms with Crippen molar-refractivity contribution in [1.82, 2.24) is 9.97 Å². The molecule has 0 aliphatic carbocycles. The lowest BCUT2D eigenvalue weighted by atomic mass is 10.1. The Labute approximate surface area is 212 Å². The Balaban J connectivity index is 1.89. The number of thiophene rings is 1. The predicted octanol–water partition coefficient (Wildman–Crippen LogP) is 4.93. The maximum atomic E-state index is 13.5. The molecule has 0 bridgehead atoms. The topological polar surface area (TPSA) is 124 Å². The second kappa shape index (κ2) is 11.1. The van der Waals surface area contributed by atoms with E-state index in [0.717, 1.165) is 17.4 Å². The zero-order valence-electron chi connectivity index (χ0n) is 19.3. The van der Waals surface area contributed by atoms with Gasteiger partial charge in [0.2, 0.25) is 5.91 Å². The number of nitrogens with two attached hydrogens (primary N) is 1. The molecule has 2 heterocycles. The molecule has 1 aromatic carbocycles. The number of carbonyl (C=O) groups excluding carboxylic acids is 3. The lowest BCUT2D eigenvalue weighted by Gasteiger charge is -2.14. The first kappa shape index (κ1) is 27.1. The van der Waals surface area contributed by atoms with E-state index < -0.39 is 34.9 Å².